The van der Waals surface area contributed by atoms with E-state index in [-0.39, 0.29) is 0 Å². The number of nitrogens with one attached hydrogen (secondary N) is 2. The molecule has 26 heavy (non-hydrogen) atoms. The molecule has 1 aliphatic rings. The number of methoxy groups -OCH3 is 2. The summed E-state index contributed by atoms with van der Waals surface area (Å²) in [6.45, 7) is 8.97. The van der Waals surface area contributed by atoms with Crippen LogP contribution in [-0.4, -0.2) is 57.3 Å². The first-order valence-corrected chi connectivity index (χ1v) is 9.65. The van der Waals surface area contributed by atoms with Crippen molar-refractivity contribution in [1.82, 2.24) is 15.5 Å². The number of nitrogens with zero attached hydrogens (tertiary/aromatic N) is 2. The van der Waals surface area contributed by atoms with Crippen LogP contribution in [0.3, 0.4) is 0 Å². The maximum Gasteiger partial charge on any atom is 0.191 e. The molecule has 1 unspecified atom stereocenters. The molecular weight excluding hydrogens is 328 g/mol. The van der Waals surface area contributed by atoms with E-state index in [2.05, 4.69) is 29.4 Å². The van der Waals surface area contributed by atoms with E-state index < -0.39 is 0 Å². The molecule has 2 rings (SSSR count). The molecule has 0 amide bonds. The quantitative estimate of drug-likeness (QED) is 0.550. The zero-order valence-corrected chi connectivity index (χ0v) is 16.7. The second-order valence-corrected chi connectivity index (χ2v) is 6.68. The molecule has 0 saturated carbocycles. The number of hydrogen-bond acceptors (Lipinski definition) is 4. The van der Waals surface area contributed by atoms with Gasteiger partial charge in [0.05, 0.1) is 20.8 Å². The minimum absolute atomic E-state index is 0.558. The van der Waals surface area contributed by atoms with Gasteiger partial charge in [-0.15, -0.1) is 0 Å². The molecule has 1 aliphatic heterocycles. The molecule has 146 valence electrons. The topological polar surface area (TPSA) is 58.1 Å². The molecule has 1 saturated heterocycles. The Hall–Kier alpha value is -1.95. The van der Waals surface area contributed by atoms with Gasteiger partial charge in [0.25, 0.3) is 0 Å². The first-order valence-electron chi connectivity index (χ1n) is 9.65. The highest BCUT2D eigenvalue weighted by atomic mass is 16.5. The summed E-state index contributed by atoms with van der Waals surface area (Å²) in [5, 5.41) is 6.77. The molecule has 2 N–H and O–H groups in total. The van der Waals surface area contributed by atoms with Crippen LogP contribution in [0.5, 0.6) is 11.5 Å². The SMILES string of the molecule is CCNC(=NCc1ccc(OC)cc1OC)NCCN1CCCCC1C. The van der Waals surface area contributed by atoms with Gasteiger partial charge in [0.1, 0.15) is 11.5 Å². The molecule has 1 aromatic carbocycles. The lowest BCUT2D eigenvalue weighted by Gasteiger charge is -2.33. The van der Waals surface area contributed by atoms with Crippen LogP contribution in [0.4, 0.5) is 0 Å². The van der Waals surface area contributed by atoms with Gasteiger partial charge >= 0.3 is 0 Å². The Bertz CT molecular complexity index is 577. The zero-order valence-electron chi connectivity index (χ0n) is 16.7. The number of piperidine rings is 1. The van der Waals surface area contributed by atoms with Crippen molar-refractivity contribution in [3.63, 3.8) is 0 Å². The van der Waals surface area contributed by atoms with Crippen molar-refractivity contribution in [3.05, 3.63) is 23.8 Å². The third-order valence-electron chi connectivity index (χ3n) is 4.88. The lowest BCUT2D eigenvalue weighted by Crippen LogP contribution is -2.45. The minimum Gasteiger partial charge on any atom is -0.497 e. The van der Waals surface area contributed by atoms with Crippen LogP contribution in [0, 0.1) is 0 Å². The highest BCUT2D eigenvalue weighted by Gasteiger charge is 2.17. The summed E-state index contributed by atoms with van der Waals surface area (Å²) >= 11 is 0. The Morgan fingerprint density at radius 3 is 2.77 bits per heavy atom. The van der Waals surface area contributed by atoms with Crippen LogP contribution >= 0.6 is 0 Å². The van der Waals surface area contributed by atoms with E-state index in [1.807, 2.05) is 18.2 Å². The van der Waals surface area contributed by atoms with Gasteiger partial charge in [-0.1, -0.05) is 6.42 Å². The molecule has 6 nitrogen and oxygen atoms in total. The predicted octanol–water partition coefficient (Wildman–Crippen LogP) is 2.63. The summed E-state index contributed by atoms with van der Waals surface area (Å²) in [6.07, 6.45) is 3.99. The number of ether oxygens (including phenoxy) is 2. The molecule has 1 aromatic rings. The van der Waals surface area contributed by atoms with E-state index >= 15 is 0 Å². The van der Waals surface area contributed by atoms with Gasteiger partial charge in [-0.05, 0) is 45.4 Å². The summed E-state index contributed by atoms with van der Waals surface area (Å²) in [6, 6.07) is 6.52. The maximum absolute atomic E-state index is 5.46. The van der Waals surface area contributed by atoms with E-state index in [0.29, 0.717) is 12.6 Å². The second-order valence-electron chi connectivity index (χ2n) is 6.68. The molecule has 0 bridgehead atoms. The van der Waals surface area contributed by atoms with E-state index in [0.717, 1.165) is 42.7 Å². The predicted molar refractivity (Wildman–Crippen MR) is 107 cm³/mol. The smallest absolute Gasteiger partial charge is 0.191 e. The maximum atomic E-state index is 5.46. The number of guanidine groups is 1. The average molecular weight is 363 g/mol. The average Bonchev–Trinajstić information content (AvgIpc) is 2.67. The monoisotopic (exact) mass is 362 g/mol. The molecule has 0 aliphatic carbocycles. The molecular formula is C20H34N4O2. The van der Waals surface area contributed by atoms with Crippen molar-refractivity contribution >= 4 is 5.96 Å². The van der Waals surface area contributed by atoms with E-state index in [9.17, 15) is 0 Å². The van der Waals surface area contributed by atoms with Crippen LogP contribution in [0.15, 0.2) is 23.2 Å². The van der Waals surface area contributed by atoms with E-state index in [1.54, 1.807) is 14.2 Å². The van der Waals surface area contributed by atoms with Gasteiger partial charge in [-0.25, -0.2) is 4.99 Å². The van der Waals surface area contributed by atoms with Gasteiger partial charge in [0.15, 0.2) is 5.96 Å². The van der Waals surface area contributed by atoms with Crippen LogP contribution in [0.2, 0.25) is 0 Å². The largest absolute Gasteiger partial charge is 0.497 e. The Labute approximate surface area is 158 Å². The first-order chi connectivity index (χ1) is 12.7. The van der Waals surface area contributed by atoms with E-state index in [4.69, 9.17) is 14.5 Å². The summed E-state index contributed by atoms with van der Waals surface area (Å²) in [5.41, 5.74) is 1.04. The van der Waals surface area contributed by atoms with Gasteiger partial charge in [0.2, 0.25) is 0 Å². The van der Waals surface area contributed by atoms with E-state index in [1.165, 1.54) is 25.8 Å². The summed E-state index contributed by atoms with van der Waals surface area (Å²) < 4.78 is 10.7. The summed E-state index contributed by atoms with van der Waals surface area (Å²) in [7, 11) is 3.33. The summed E-state index contributed by atoms with van der Waals surface area (Å²) in [5.74, 6) is 2.43. The highest BCUT2D eigenvalue weighted by molar-refractivity contribution is 5.79. The van der Waals surface area contributed by atoms with Crippen LogP contribution < -0.4 is 20.1 Å². The fourth-order valence-corrected chi connectivity index (χ4v) is 3.30. The lowest BCUT2D eigenvalue weighted by atomic mass is 10.0. The molecule has 1 heterocycles. The van der Waals surface area contributed by atoms with Crippen molar-refractivity contribution in [2.75, 3.05) is 40.4 Å². The number of benzene rings is 1. The van der Waals surface area contributed by atoms with Crippen molar-refractivity contribution in [1.29, 1.82) is 0 Å². The molecule has 0 aromatic heterocycles. The number of hydrogen-bond donors (Lipinski definition) is 2. The number of likely N-dealkylation sites (tertiary alicyclic amines) is 1. The van der Waals surface area contributed by atoms with Gasteiger partial charge in [-0.3, -0.25) is 4.90 Å². The Morgan fingerprint density at radius 2 is 2.08 bits per heavy atom. The van der Waals surface area contributed by atoms with Gasteiger partial charge in [0, 0.05) is 37.3 Å². The highest BCUT2D eigenvalue weighted by Crippen LogP contribution is 2.25. The minimum atomic E-state index is 0.558. The van der Waals surface area contributed by atoms with Gasteiger partial charge in [-0.2, -0.15) is 0 Å². The number of aliphatic imine (C=N–C) groups is 1. The number of rotatable bonds is 8. The fourth-order valence-electron chi connectivity index (χ4n) is 3.30. The Kier molecular flexibility index (Phi) is 8.54. The molecule has 1 fully saturated rings. The molecule has 6 heteroatoms. The Morgan fingerprint density at radius 1 is 1.23 bits per heavy atom. The summed E-state index contributed by atoms with van der Waals surface area (Å²) in [4.78, 5) is 7.27. The fraction of sp³-hybridized carbons (Fsp3) is 0.650. The molecule has 0 radical (unpaired) electrons. The zero-order chi connectivity index (χ0) is 18.8. The Balaban J connectivity index is 1.91. The molecule has 0 spiro atoms. The van der Waals surface area contributed by atoms with Crippen molar-refractivity contribution in [2.45, 2.75) is 45.7 Å². The molecule has 1 atom stereocenters. The van der Waals surface area contributed by atoms with Crippen LogP contribution in [0.25, 0.3) is 0 Å². The second kappa shape index (κ2) is 10.9. The van der Waals surface area contributed by atoms with Crippen LogP contribution in [-0.2, 0) is 6.54 Å². The standard InChI is InChI=1S/C20H34N4O2/c1-5-21-20(22-11-13-24-12-7-6-8-16(24)2)23-15-17-9-10-18(25-3)14-19(17)26-4/h9-10,14,16H,5-8,11-13,15H2,1-4H3,(H2,21,22,23). The normalized spacial score (nSPS) is 18.5. The van der Waals surface area contributed by atoms with Crippen molar-refractivity contribution in [2.24, 2.45) is 4.99 Å². The first kappa shape index (κ1) is 20.4. The van der Waals surface area contributed by atoms with Gasteiger partial charge < -0.3 is 20.1 Å². The van der Waals surface area contributed by atoms with Crippen molar-refractivity contribution in [3.8, 4) is 11.5 Å². The third kappa shape index (κ3) is 6.09. The van der Waals surface area contributed by atoms with Crippen LogP contribution in [0.1, 0.15) is 38.7 Å². The third-order valence-corrected chi connectivity index (χ3v) is 4.88. The lowest BCUT2D eigenvalue weighted by molar-refractivity contribution is 0.163. The van der Waals surface area contributed by atoms with Crippen molar-refractivity contribution < 1.29 is 9.47 Å².